The van der Waals surface area contributed by atoms with Crippen LogP contribution in [0.1, 0.15) is 36.6 Å². The number of benzene rings is 2. The lowest BCUT2D eigenvalue weighted by Gasteiger charge is -2.27. The van der Waals surface area contributed by atoms with Crippen LogP contribution in [0.25, 0.3) is 5.76 Å². The largest absolute Gasteiger partial charge is 0.507 e. The standard InChI is InChI=1S/C25H28Cl2N2O4/c1-14(2)33-20-9-6-16(12-15(20)3)23(30)21-22(18-8-7-17(26)13-19(18)27)29(11-10-28(4)5)25(32)24(21)31/h6-9,12-14,22,30H,10-11H2,1-5H3/b23-21+. The molecule has 1 fully saturated rings. The van der Waals surface area contributed by atoms with E-state index in [2.05, 4.69) is 0 Å². The number of likely N-dealkylation sites (N-methyl/N-ethyl adjacent to an activating group) is 1. The number of carbonyl (C=O) groups is 2. The van der Waals surface area contributed by atoms with Gasteiger partial charge in [-0.1, -0.05) is 29.3 Å². The van der Waals surface area contributed by atoms with Gasteiger partial charge in [-0.3, -0.25) is 9.59 Å². The monoisotopic (exact) mass is 490 g/mol. The van der Waals surface area contributed by atoms with Crippen molar-refractivity contribution in [3.63, 3.8) is 0 Å². The number of hydrogen-bond donors (Lipinski definition) is 1. The average molecular weight is 491 g/mol. The summed E-state index contributed by atoms with van der Waals surface area (Å²) in [5.74, 6) is -0.991. The lowest BCUT2D eigenvalue weighted by Crippen LogP contribution is -2.35. The Hall–Kier alpha value is -2.54. The van der Waals surface area contributed by atoms with Crippen molar-refractivity contribution in [1.82, 2.24) is 9.80 Å². The lowest BCUT2D eigenvalue weighted by atomic mass is 9.94. The van der Waals surface area contributed by atoms with Gasteiger partial charge in [-0.2, -0.15) is 0 Å². The number of likely N-dealkylation sites (tertiary alicyclic amines) is 1. The summed E-state index contributed by atoms with van der Waals surface area (Å²) >= 11 is 12.5. The van der Waals surface area contributed by atoms with Crippen LogP contribution < -0.4 is 4.74 Å². The molecule has 0 aliphatic carbocycles. The van der Waals surface area contributed by atoms with E-state index in [1.807, 2.05) is 39.8 Å². The highest BCUT2D eigenvalue weighted by Crippen LogP contribution is 2.42. The van der Waals surface area contributed by atoms with Gasteiger partial charge in [-0.05, 0) is 76.3 Å². The van der Waals surface area contributed by atoms with Gasteiger partial charge in [0, 0.05) is 28.7 Å². The smallest absolute Gasteiger partial charge is 0.295 e. The fraction of sp³-hybridized carbons (Fsp3) is 0.360. The minimum absolute atomic E-state index is 0.0000866. The molecule has 0 aromatic heterocycles. The molecule has 0 radical (unpaired) electrons. The number of ether oxygens (including phenoxy) is 1. The number of ketones is 1. The molecular weight excluding hydrogens is 463 g/mol. The molecule has 1 heterocycles. The first-order chi connectivity index (χ1) is 15.5. The molecule has 2 aromatic rings. The number of halogens is 2. The van der Waals surface area contributed by atoms with E-state index in [1.165, 1.54) is 4.90 Å². The zero-order valence-electron chi connectivity index (χ0n) is 19.4. The summed E-state index contributed by atoms with van der Waals surface area (Å²) in [6.45, 7) is 6.54. The van der Waals surface area contributed by atoms with Crippen LogP contribution in [0, 0.1) is 6.92 Å². The van der Waals surface area contributed by atoms with Crippen molar-refractivity contribution in [3.8, 4) is 5.75 Å². The molecule has 0 saturated carbocycles. The third kappa shape index (κ3) is 5.35. The van der Waals surface area contributed by atoms with Gasteiger partial charge in [0.05, 0.1) is 17.7 Å². The molecule has 0 spiro atoms. The molecule has 1 aliphatic heterocycles. The van der Waals surface area contributed by atoms with Gasteiger partial charge in [0.2, 0.25) is 0 Å². The first-order valence-corrected chi connectivity index (χ1v) is 11.4. The van der Waals surface area contributed by atoms with Crippen LogP contribution in [0.5, 0.6) is 5.75 Å². The molecule has 1 unspecified atom stereocenters. The van der Waals surface area contributed by atoms with E-state index in [0.717, 1.165) is 5.56 Å². The van der Waals surface area contributed by atoms with Gasteiger partial charge in [-0.15, -0.1) is 0 Å². The van der Waals surface area contributed by atoms with Crippen LogP contribution in [-0.4, -0.2) is 59.9 Å². The molecule has 1 saturated heterocycles. The highest BCUT2D eigenvalue weighted by atomic mass is 35.5. The number of hydrogen-bond acceptors (Lipinski definition) is 5. The Morgan fingerprint density at radius 1 is 1.15 bits per heavy atom. The van der Waals surface area contributed by atoms with Gasteiger partial charge in [0.1, 0.15) is 11.5 Å². The third-order valence-corrected chi connectivity index (χ3v) is 5.96. The van der Waals surface area contributed by atoms with Crippen molar-refractivity contribution < 1.29 is 19.4 Å². The Bertz CT molecular complexity index is 1110. The van der Waals surface area contributed by atoms with E-state index < -0.39 is 17.7 Å². The molecular formula is C25H28Cl2N2O4. The number of Topliss-reactive ketones (excluding diaryl/α,β-unsaturated/α-hetero) is 1. The van der Waals surface area contributed by atoms with Crippen molar-refractivity contribution in [1.29, 1.82) is 0 Å². The topological polar surface area (TPSA) is 70.1 Å². The van der Waals surface area contributed by atoms with Crippen LogP contribution in [0.15, 0.2) is 42.0 Å². The molecule has 1 aliphatic rings. The second-order valence-electron chi connectivity index (χ2n) is 8.61. The van der Waals surface area contributed by atoms with E-state index in [0.29, 0.717) is 33.5 Å². The highest BCUT2D eigenvalue weighted by molar-refractivity contribution is 6.47. The van der Waals surface area contributed by atoms with E-state index in [4.69, 9.17) is 27.9 Å². The Labute approximate surface area is 204 Å². The third-order valence-electron chi connectivity index (χ3n) is 5.40. The van der Waals surface area contributed by atoms with Crippen LogP contribution >= 0.6 is 23.2 Å². The van der Waals surface area contributed by atoms with Gasteiger partial charge < -0.3 is 19.6 Å². The second kappa shape index (κ2) is 10.2. The summed E-state index contributed by atoms with van der Waals surface area (Å²) in [5.41, 5.74) is 1.75. The molecule has 3 rings (SSSR count). The zero-order valence-corrected chi connectivity index (χ0v) is 20.9. The van der Waals surface area contributed by atoms with Gasteiger partial charge in [-0.25, -0.2) is 0 Å². The number of nitrogens with zero attached hydrogens (tertiary/aromatic N) is 2. The molecule has 1 N–H and O–H groups in total. The number of aliphatic hydroxyl groups excluding tert-OH is 1. The van der Waals surface area contributed by atoms with Crippen LogP contribution in [0.2, 0.25) is 10.0 Å². The van der Waals surface area contributed by atoms with Crippen molar-refractivity contribution in [2.24, 2.45) is 0 Å². The normalized spacial score (nSPS) is 18.0. The van der Waals surface area contributed by atoms with Crippen molar-refractivity contribution >= 4 is 40.7 Å². The minimum atomic E-state index is -0.832. The maximum Gasteiger partial charge on any atom is 0.295 e. The Morgan fingerprint density at radius 2 is 1.85 bits per heavy atom. The van der Waals surface area contributed by atoms with Gasteiger partial charge >= 0.3 is 0 Å². The van der Waals surface area contributed by atoms with E-state index in [1.54, 1.807) is 36.4 Å². The fourth-order valence-electron chi connectivity index (χ4n) is 3.80. The summed E-state index contributed by atoms with van der Waals surface area (Å²) in [4.78, 5) is 29.5. The molecule has 8 heteroatoms. The molecule has 176 valence electrons. The van der Waals surface area contributed by atoms with E-state index in [-0.39, 0.29) is 24.0 Å². The summed E-state index contributed by atoms with van der Waals surface area (Å²) in [6, 6.07) is 9.22. The second-order valence-corrected chi connectivity index (χ2v) is 9.45. The van der Waals surface area contributed by atoms with E-state index in [9.17, 15) is 14.7 Å². The average Bonchev–Trinajstić information content (AvgIpc) is 2.97. The maximum atomic E-state index is 13.1. The van der Waals surface area contributed by atoms with Gasteiger partial charge in [0.25, 0.3) is 11.7 Å². The van der Waals surface area contributed by atoms with Crippen molar-refractivity contribution in [3.05, 3.63) is 68.7 Å². The van der Waals surface area contributed by atoms with Crippen LogP contribution in [-0.2, 0) is 9.59 Å². The number of carbonyl (C=O) groups excluding carboxylic acids is 2. The Balaban J connectivity index is 2.15. The number of rotatable bonds is 7. The molecule has 33 heavy (non-hydrogen) atoms. The zero-order chi connectivity index (χ0) is 24.4. The van der Waals surface area contributed by atoms with E-state index >= 15 is 0 Å². The summed E-state index contributed by atoms with van der Waals surface area (Å²) in [7, 11) is 3.76. The Kier molecular flexibility index (Phi) is 7.73. The fourth-order valence-corrected chi connectivity index (χ4v) is 4.32. The van der Waals surface area contributed by atoms with Crippen molar-refractivity contribution in [2.45, 2.75) is 32.9 Å². The summed E-state index contributed by atoms with van der Waals surface area (Å²) in [6.07, 6.45) is -0.00258. The predicted octanol–water partition coefficient (Wildman–Crippen LogP) is 5.07. The van der Waals surface area contributed by atoms with Gasteiger partial charge in [0.15, 0.2) is 0 Å². The number of aliphatic hydroxyl groups is 1. The predicted molar refractivity (Wildman–Crippen MR) is 131 cm³/mol. The van der Waals surface area contributed by atoms with Crippen LogP contribution in [0.4, 0.5) is 0 Å². The lowest BCUT2D eigenvalue weighted by molar-refractivity contribution is -0.140. The SMILES string of the molecule is Cc1cc(/C(O)=C2\C(=O)C(=O)N(CCN(C)C)C2c2ccc(Cl)cc2Cl)ccc1OC(C)C. The minimum Gasteiger partial charge on any atom is -0.507 e. The Morgan fingerprint density at radius 3 is 2.42 bits per heavy atom. The first kappa shape index (κ1) is 25.1. The first-order valence-electron chi connectivity index (χ1n) is 10.7. The van der Waals surface area contributed by atoms with Crippen molar-refractivity contribution in [2.75, 3.05) is 27.2 Å². The number of aryl methyl sites for hydroxylation is 1. The molecule has 2 aromatic carbocycles. The van der Waals surface area contributed by atoms with Crippen LogP contribution in [0.3, 0.4) is 0 Å². The quantitative estimate of drug-likeness (QED) is 0.333. The summed E-state index contributed by atoms with van der Waals surface area (Å²) < 4.78 is 5.77. The molecule has 0 bridgehead atoms. The molecule has 1 atom stereocenters. The molecule has 1 amide bonds. The summed E-state index contributed by atoms with van der Waals surface area (Å²) in [5, 5.41) is 12.0. The highest BCUT2D eigenvalue weighted by Gasteiger charge is 2.46. The maximum absolute atomic E-state index is 13.1. The molecule has 6 nitrogen and oxygen atoms in total. The number of amides is 1.